The van der Waals surface area contributed by atoms with Gasteiger partial charge in [0.1, 0.15) is 17.4 Å². The van der Waals surface area contributed by atoms with Crippen LogP contribution in [0.5, 0.6) is 5.75 Å². The Morgan fingerprint density at radius 1 is 1.28 bits per heavy atom. The number of hydrogen-bond acceptors (Lipinski definition) is 4. The first-order valence-corrected chi connectivity index (χ1v) is 11.3. The van der Waals surface area contributed by atoms with Gasteiger partial charge in [-0.3, -0.25) is 4.79 Å². The first-order chi connectivity index (χ1) is 15.2. The number of amides is 1. The van der Waals surface area contributed by atoms with E-state index in [4.69, 9.17) is 4.74 Å². The summed E-state index contributed by atoms with van der Waals surface area (Å²) in [6, 6.07) is 13.5. The number of aryl methyl sites for hydroxylation is 1. The van der Waals surface area contributed by atoms with Gasteiger partial charge >= 0.3 is 0 Å². The van der Waals surface area contributed by atoms with Crippen LogP contribution in [0.4, 0.5) is 11.4 Å². The maximum absolute atomic E-state index is 12.8. The standard InChI is InChI=1S/C27H33N3O2/c1-7-30-25-13-18(3)20(15-24(25)19(4)16-27(30,5)6)14-21(17-28)26(31)29-22-9-11-23(12-10-22)32-8-2/h9-15,19H,7-8,16H2,1-6H3,(H,29,31)/b21-14-/t19-/m0/s1. The summed E-state index contributed by atoms with van der Waals surface area (Å²) in [7, 11) is 0. The van der Waals surface area contributed by atoms with E-state index in [0.29, 0.717) is 18.2 Å². The molecule has 5 heteroatoms. The minimum atomic E-state index is -0.418. The molecule has 1 aliphatic heterocycles. The van der Waals surface area contributed by atoms with Gasteiger partial charge in [0.25, 0.3) is 5.91 Å². The summed E-state index contributed by atoms with van der Waals surface area (Å²) < 4.78 is 5.43. The molecule has 2 aromatic rings. The van der Waals surface area contributed by atoms with Gasteiger partial charge in [0.05, 0.1) is 6.61 Å². The number of anilines is 2. The van der Waals surface area contributed by atoms with Gasteiger partial charge in [0.2, 0.25) is 0 Å². The molecule has 1 aliphatic rings. The Kier molecular flexibility index (Phi) is 6.93. The van der Waals surface area contributed by atoms with E-state index in [2.05, 4.69) is 56.1 Å². The molecule has 1 N–H and O–H groups in total. The summed E-state index contributed by atoms with van der Waals surface area (Å²) in [6.07, 6.45) is 2.76. The van der Waals surface area contributed by atoms with Crippen LogP contribution in [-0.4, -0.2) is 24.6 Å². The highest BCUT2D eigenvalue weighted by molar-refractivity contribution is 6.09. The van der Waals surface area contributed by atoms with Gasteiger partial charge < -0.3 is 15.0 Å². The van der Waals surface area contributed by atoms with Crippen LogP contribution in [0.15, 0.2) is 42.0 Å². The SMILES string of the molecule is CCOc1ccc(NC(=O)/C(C#N)=C\c2cc3c(cc2C)N(CC)C(C)(C)C[C@@H]3C)cc1. The van der Waals surface area contributed by atoms with Gasteiger partial charge in [-0.25, -0.2) is 0 Å². The lowest BCUT2D eigenvalue weighted by molar-refractivity contribution is -0.112. The van der Waals surface area contributed by atoms with Gasteiger partial charge in [-0.1, -0.05) is 6.92 Å². The Labute approximate surface area is 191 Å². The number of fused-ring (bicyclic) bond motifs is 1. The second kappa shape index (κ2) is 9.48. The van der Waals surface area contributed by atoms with Crippen LogP contribution in [0, 0.1) is 18.3 Å². The maximum Gasteiger partial charge on any atom is 0.266 e. The summed E-state index contributed by atoms with van der Waals surface area (Å²) >= 11 is 0. The highest BCUT2D eigenvalue weighted by Gasteiger charge is 2.35. The molecule has 0 saturated heterocycles. The average Bonchev–Trinajstić information content (AvgIpc) is 2.73. The third-order valence-electron chi connectivity index (χ3n) is 6.18. The van der Waals surface area contributed by atoms with Gasteiger partial charge in [-0.05, 0) is 106 Å². The van der Waals surface area contributed by atoms with Gasteiger partial charge in [-0.15, -0.1) is 0 Å². The molecule has 1 heterocycles. The van der Waals surface area contributed by atoms with Gasteiger partial charge in [0, 0.05) is 23.5 Å². The Balaban J connectivity index is 1.90. The summed E-state index contributed by atoms with van der Waals surface area (Å²) in [4.78, 5) is 15.2. The van der Waals surface area contributed by atoms with Crippen molar-refractivity contribution >= 4 is 23.4 Å². The van der Waals surface area contributed by atoms with Gasteiger partial charge in [-0.2, -0.15) is 5.26 Å². The normalized spacial score (nSPS) is 17.3. The molecule has 0 aromatic heterocycles. The van der Waals surface area contributed by atoms with Crippen molar-refractivity contribution in [3.8, 4) is 11.8 Å². The fourth-order valence-corrected chi connectivity index (χ4v) is 4.71. The number of nitriles is 1. The molecule has 168 valence electrons. The van der Waals surface area contributed by atoms with E-state index >= 15 is 0 Å². The van der Waals surface area contributed by atoms with Gasteiger partial charge in [0.15, 0.2) is 0 Å². The van der Waals surface area contributed by atoms with Crippen molar-refractivity contribution < 1.29 is 9.53 Å². The van der Waals surface area contributed by atoms with Crippen LogP contribution >= 0.6 is 0 Å². The molecule has 0 bridgehead atoms. The zero-order valence-corrected chi connectivity index (χ0v) is 20.0. The summed E-state index contributed by atoms with van der Waals surface area (Å²) in [5.74, 6) is 0.724. The predicted molar refractivity (Wildman–Crippen MR) is 131 cm³/mol. The Morgan fingerprint density at radius 2 is 1.97 bits per heavy atom. The molecule has 0 fully saturated rings. The molecule has 3 rings (SSSR count). The Bertz CT molecular complexity index is 1060. The first-order valence-electron chi connectivity index (χ1n) is 11.3. The topological polar surface area (TPSA) is 65.4 Å². The van der Waals surface area contributed by atoms with E-state index in [9.17, 15) is 10.1 Å². The second-order valence-corrected chi connectivity index (χ2v) is 9.01. The van der Waals surface area contributed by atoms with Crippen LogP contribution in [0.25, 0.3) is 6.08 Å². The lowest BCUT2D eigenvalue weighted by Crippen LogP contribution is -2.48. The van der Waals surface area contributed by atoms with Crippen molar-refractivity contribution in [3.05, 3.63) is 58.7 Å². The fraction of sp³-hybridized carbons (Fsp3) is 0.407. The summed E-state index contributed by atoms with van der Waals surface area (Å²) in [5.41, 5.74) is 5.28. The zero-order chi connectivity index (χ0) is 23.5. The van der Waals surface area contributed by atoms with Crippen molar-refractivity contribution in [1.29, 1.82) is 5.26 Å². The van der Waals surface area contributed by atoms with Crippen LogP contribution in [0.2, 0.25) is 0 Å². The molecule has 5 nitrogen and oxygen atoms in total. The molecule has 0 aliphatic carbocycles. The number of benzene rings is 2. The monoisotopic (exact) mass is 431 g/mol. The smallest absolute Gasteiger partial charge is 0.266 e. The van der Waals surface area contributed by atoms with E-state index in [1.54, 1.807) is 30.3 Å². The van der Waals surface area contributed by atoms with Crippen molar-refractivity contribution in [2.45, 2.75) is 59.4 Å². The van der Waals surface area contributed by atoms with Crippen LogP contribution in [0.1, 0.15) is 63.6 Å². The van der Waals surface area contributed by atoms with E-state index in [1.807, 2.05) is 13.8 Å². The fourth-order valence-electron chi connectivity index (χ4n) is 4.71. The molecule has 1 amide bonds. The Hall–Kier alpha value is -3.26. The molecular formula is C27H33N3O2. The third-order valence-corrected chi connectivity index (χ3v) is 6.18. The number of rotatable bonds is 6. The number of carbonyl (C=O) groups excluding carboxylic acids is 1. The van der Waals surface area contributed by atoms with Crippen LogP contribution in [0.3, 0.4) is 0 Å². The first kappa shape index (κ1) is 23.4. The van der Waals surface area contributed by atoms with E-state index in [1.165, 1.54) is 11.3 Å². The number of carbonyl (C=O) groups is 1. The average molecular weight is 432 g/mol. The van der Waals surface area contributed by atoms with E-state index < -0.39 is 5.91 Å². The molecule has 0 radical (unpaired) electrons. The van der Waals surface area contributed by atoms with E-state index in [0.717, 1.165) is 29.8 Å². The van der Waals surface area contributed by atoms with Crippen LogP contribution in [-0.2, 0) is 4.79 Å². The predicted octanol–water partition coefficient (Wildman–Crippen LogP) is 6.05. The molecule has 0 spiro atoms. The van der Waals surface area contributed by atoms with Crippen LogP contribution < -0.4 is 15.0 Å². The maximum atomic E-state index is 12.8. The second-order valence-electron chi connectivity index (χ2n) is 9.01. The zero-order valence-electron chi connectivity index (χ0n) is 20.0. The van der Waals surface area contributed by atoms with Crippen molar-refractivity contribution in [3.63, 3.8) is 0 Å². The number of hydrogen-bond donors (Lipinski definition) is 1. The number of ether oxygens (including phenoxy) is 1. The number of nitrogens with one attached hydrogen (secondary N) is 1. The lowest BCUT2D eigenvalue weighted by atomic mass is 9.79. The quantitative estimate of drug-likeness (QED) is 0.446. The summed E-state index contributed by atoms with van der Waals surface area (Å²) in [6.45, 7) is 14.5. The highest BCUT2D eigenvalue weighted by Crippen LogP contribution is 2.44. The molecular weight excluding hydrogens is 398 g/mol. The molecule has 1 atom stereocenters. The van der Waals surface area contributed by atoms with E-state index in [-0.39, 0.29) is 11.1 Å². The van der Waals surface area contributed by atoms with Crippen molar-refractivity contribution in [1.82, 2.24) is 0 Å². The molecule has 2 aromatic carbocycles. The summed E-state index contributed by atoms with van der Waals surface area (Å²) in [5, 5.41) is 12.5. The van der Waals surface area contributed by atoms with Crippen molar-refractivity contribution in [2.24, 2.45) is 0 Å². The highest BCUT2D eigenvalue weighted by atomic mass is 16.5. The third kappa shape index (κ3) is 4.80. The Morgan fingerprint density at radius 3 is 2.56 bits per heavy atom. The van der Waals surface area contributed by atoms with Crippen molar-refractivity contribution in [2.75, 3.05) is 23.4 Å². The minimum absolute atomic E-state index is 0.0816. The minimum Gasteiger partial charge on any atom is -0.494 e. The number of nitrogens with zero attached hydrogens (tertiary/aromatic N) is 2. The molecule has 0 saturated carbocycles. The lowest BCUT2D eigenvalue weighted by Gasteiger charge is -2.47. The largest absolute Gasteiger partial charge is 0.494 e. The molecule has 0 unspecified atom stereocenters. The molecule has 32 heavy (non-hydrogen) atoms.